The molecule has 2 heterocycles. The van der Waals surface area contributed by atoms with E-state index in [0.717, 1.165) is 23.5 Å². The Morgan fingerprint density at radius 1 is 1.21 bits per heavy atom. The number of carbonyl (C=O) groups is 1. The molecule has 9 heteroatoms. The molecular weight excluding hydrogens is 411 g/mol. The van der Waals surface area contributed by atoms with Crippen LogP contribution in [-0.2, 0) is 24.8 Å². The summed E-state index contributed by atoms with van der Waals surface area (Å²) in [5.41, 5.74) is 9.99. The second-order valence-corrected chi connectivity index (χ2v) is 6.91. The van der Waals surface area contributed by atoms with E-state index in [2.05, 4.69) is 27.5 Å². The average Bonchev–Trinajstić information content (AvgIpc) is 3.21. The summed E-state index contributed by atoms with van der Waals surface area (Å²) in [6.45, 7) is 4.60. The van der Waals surface area contributed by atoms with Crippen LogP contribution in [0.2, 0.25) is 0 Å². The Morgan fingerprint density at radius 3 is 2.52 bits per heavy atom. The molecule has 0 aliphatic rings. The molecule has 0 spiro atoms. The molecule has 3 aromatic rings. The van der Waals surface area contributed by atoms with Gasteiger partial charge in [-0.05, 0) is 19.4 Å². The minimum absolute atomic E-state index is 0. The van der Waals surface area contributed by atoms with E-state index in [-0.39, 0.29) is 36.8 Å². The molecule has 2 aromatic heterocycles. The zero-order valence-corrected chi connectivity index (χ0v) is 18.4. The van der Waals surface area contributed by atoms with E-state index in [1.807, 2.05) is 56.1 Å². The predicted octanol–water partition coefficient (Wildman–Crippen LogP) is 2.56. The van der Waals surface area contributed by atoms with Crippen LogP contribution in [0, 0.1) is 6.92 Å². The number of nitrogens with two attached hydrogens (primary N) is 1. The molecule has 3 N–H and O–H groups in total. The van der Waals surface area contributed by atoms with E-state index in [1.54, 1.807) is 11.0 Å². The van der Waals surface area contributed by atoms with Crippen molar-refractivity contribution in [2.24, 2.45) is 12.8 Å². The predicted molar refractivity (Wildman–Crippen MR) is 118 cm³/mol. The van der Waals surface area contributed by atoms with Gasteiger partial charge in [-0.3, -0.25) is 9.48 Å². The number of carbonyl (C=O) groups excluding carboxylic acids is 1. The molecule has 1 unspecified atom stereocenters. The highest BCUT2D eigenvalue weighted by molar-refractivity contribution is 5.85. The summed E-state index contributed by atoms with van der Waals surface area (Å²) in [5, 5.41) is 7.28. The van der Waals surface area contributed by atoms with Crippen molar-refractivity contribution in [3.63, 3.8) is 0 Å². The average molecular weight is 439 g/mol. The molecule has 0 fully saturated rings. The molecule has 29 heavy (non-hydrogen) atoms. The number of nitrogens with zero attached hydrogens (tertiary/aromatic N) is 4. The van der Waals surface area contributed by atoms with E-state index in [1.165, 1.54) is 5.56 Å². The van der Waals surface area contributed by atoms with Crippen molar-refractivity contribution in [3.8, 4) is 0 Å². The first-order chi connectivity index (χ1) is 12.9. The first kappa shape index (κ1) is 24.7. The maximum atomic E-state index is 12.4. The fraction of sp³-hybridized carbons (Fsp3) is 0.350. The SMILES string of the molecule is Cc1nn(C)cc1C(C)NC(=O)[C@@H](N)Cc1cn(Cc2ccccc2)cn1.Cl.Cl. The normalized spacial score (nSPS) is 12.4. The lowest BCUT2D eigenvalue weighted by Gasteiger charge is -2.16. The molecule has 0 aliphatic heterocycles. The van der Waals surface area contributed by atoms with Gasteiger partial charge < -0.3 is 15.6 Å². The van der Waals surface area contributed by atoms with Gasteiger partial charge >= 0.3 is 0 Å². The van der Waals surface area contributed by atoms with Gasteiger partial charge in [0, 0.05) is 38.0 Å². The minimum atomic E-state index is -0.649. The molecule has 1 aromatic carbocycles. The van der Waals surface area contributed by atoms with Crippen molar-refractivity contribution in [1.82, 2.24) is 24.6 Å². The fourth-order valence-electron chi connectivity index (χ4n) is 3.15. The fourth-order valence-corrected chi connectivity index (χ4v) is 3.15. The molecule has 0 saturated heterocycles. The minimum Gasteiger partial charge on any atom is -0.348 e. The van der Waals surface area contributed by atoms with Gasteiger partial charge in [-0.2, -0.15) is 5.10 Å². The third kappa shape index (κ3) is 6.59. The topological polar surface area (TPSA) is 90.8 Å². The van der Waals surface area contributed by atoms with Crippen LogP contribution in [0.4, 0.5) is 0 Å². The van der Waals surface area contributed by atoms with Crippen LogP contribution in [0.15, 0.2) is 49.1 Å². The van der Waals surface area contributed by atoms with Crippen molar-refractivity contribution >= 4 is 30.7 Å². The Labute approximate surface area is 183 Å². The summed E-state index contributed by atoms with van der Waals surface area (Å²) < 4.78 is 3.74. The Morgan fingerprint density at radius 2 is 1.90 bits per heavy atom. The van der Waals surface area contributed by atoms with Crippen LogP contribution in [0.5, 0.6) is 0 Å². The number of nitrogens with one attached hydrogen (secondary N) is 1. The monoisotopic (exact) mass is 438 g/mol. The Bertz CT molecular complexity index is 909. The number of aromatic nitrogens is 4. The van der Waals surface area contributed by atoms with Crippen LogP contribution in [0.1, 0.15) is 35.5 Å². The summed E-state index contributed by atoms with van der Waals surface area (Å²) >= 11 is 0. The number of hydrogen-bond acceptors (Lipinski definition) is 4. The molecule has 3 rings (SSSR count). The van der Waals surface area contributed by atoms with Gasteiger partial charge in [0.2, 0.25) is 5.91 Å². The van der Waals surface area contributed by atoms with Gasteiger partial charge in [0.15, 0.2) is 0 Å². The Kier molecular flexibility index (Phi) is 9.36. The van der Waals surface area contributed by atoms with E-state index in [0.29, 0.717) is 6.42 Å². The number of amides is 1. The standard InChI is InChI=1S/C20H26N6O.2ClH/c1-14(18-12-25(3)24-15(18)2)23-20(27)19(21)9-17-11-26(13-22-17)10-16-7-5-4-6-8-16;;/h4-8,11-14,19H,9-10,21H2,1-3H3,(H,23,27);2*1H/t14?,19-;;/m0../s1. The summed E-state index contributed by atoms with van der Waals surface area (Å²) in [6.07, 6.45) is 6.02. The Hall–Kier alpha value is -2.35. The largest absolute Gasteiger partial charge is 0.348 e. The highest BCUT2D eigenvalue weighted by atomic mass is 35.5. The van der Waals surface area contributed by atoms with Crippen molar-refractivity contribution in [3.05, 3.63) is 71.6 Å². The van der Waals surface area contributed by atoms with Crippen molar-refractivity contribution in [1.29, 1.82) is 0 Å². The van der Waals surface area contributed by atoms with E-state index in [4.69, 9.17) is 5.73 Å². The van der Waals surface area contributed by atoms with Crippen LogP contribution >= 0.6 is 24.8 Å². The zero-order valence-electron chi connectivity index (χ0n) is 16.8. The maximum Gasteiger partial charge on any atom is 0.237 e. The second-order valence-electron chi connectivity index (χ2n) is 6.91. The lowest BCUT2D eigenvalue weighted by atomic mass is 10.1. The highest BCUT2D eigenvalue weighted by Gasteiger charge is 2.20. The number of benzene rings is 1. The summed E-state index contributed by atoms with van der Waals surface area (Å²) in [4.78, 5) is 16.8. The van der Waals surface area contributed by atoms with Crippen molar-refractivity contribution in [2.45, 2.75) is 38.9 Å². The molecule has 0 saturated carbocycles. The van der Waals surface area contributed by atoms with Gasteiger partial charge in [-0.1, -0.05) is 30.3 Å². The van der Waals surface area contributed by atoms with Crippen LogP contribution in [0.3, 0.4) is 0 Å². The summed E-state index contributed by atoms with van der Waals surface area (Å²) in [7, 11) is 1.86. The number of halogens is 2. The molecule has 158 valence electrons. The third-order valence-electron chi connectivity index (χ3n) is 4.54. The van der Waals surface area contributed by atoms with Crippen LogP contribution in [-0.4, -0.2) is 31.3 Å². The summed E-state index contributed by atoms with van der Waals surface area (Å²) in [5.74, 6) is -0.191. The van der Waals surface area contributed by atoms with Gasteiger partial charge in [-0.25, -0.2) is 4.98 Å². The number of aryl methyl sites for hydroxylation is 2. The summed E-state index contributed by atoms with van der Waals surface area (Å²) in [6, 6.07) is 9.37. The molecule has 2 atom stereocenters. The van der Waals surface area contributed by atoms with Crippen LogP contribution in [0.25, 0.3) is 0 Å². The highest BCUT2D eigenvalue weighted by Crippen LogP contribution is 2.15. The number of imidazole rings is 1. The van der Waals surface area contributed by atoms with Crippen molar-refractivity contribution in [2.75, 3.05) is 0 Å². The lowest BCUT2D eigenvalue weighted by molar-refractivity contribution is -0.123. The molecule has 0 aliphatic carbocycles. The van der Waals surface area contributed by atoms with E-state index in [9.17, 15) is 4.79 Å². The lowest BCUT2D eigenvalue weighted by Crippen LogP contribution is -2.43. The second kappa shape index (κ2) is 11.0. The first-order valence-corrected chi connectivity index (χ1v) is 9.03. The van der Waals surface area contributed by atoms with Gasteiger partial charge in [-0.15, -0.1) is 24.8 Å². The quantitative estimate of drug-likeness (QED) is 0.592. The molecule has 0 bridgehead atoms. The van der Waals surface area contributed by atoms with Gasteiger partial charge in [0.1, 0.15) is 0 Å². The number of hydrogen-bond donors (Lipinski definition) is 2. The smallest absolute Gasteiger partial charge is 0.237 e. The van der Waals surface area contributed by atoms with E-state index >= 15 is 0 Å². The van der Waals surface area contributed by atoms with Crippen molar-refractivity contribution < 1.29 is 4.79 Å². The molecule has 1 amide bonds. The van der Waals surface area contributed by atoms with E-state index < -0.39 is 6.04 Å². The van der Waals surface area contributed by atoms with Gasteiger partial charge in [0.05, 0.1) is 29.8 Å². The number of rotatable bonds is 7. The first-order valence-electron chi connectivity index (χ1n) is 9.03. The third-order valence-corrected chi connectivity index (χ3v) is 4.54. The maximum absolute atomic E-state index is 12.4. The molecular formula is C20H28Cl2N6O. The van der Waals surface area contributed by atoms with Crippen LogP contribution < -0.4 is 11.1 Å². The van der Waals surface area contributed by atoms with Gasteiger partial charge in [0.25, 0.3) is 0 Å². The Balaban J connectivity index is 0.00000210. The molecule has 0 radical (unpaired) electrons. The molecule has 7 nitrogen and oxygen atoms in total. The zero-order chi connectivity index (χ0) is 19.4.